The van der Waals surface area contributed by atoms with Crippen molar-refractivity contribution >= 4 is 5.69 Å². The van der Waals surface area contributed by atoms with E-state index in [1.807, 2.05) is 20.8 Å². The van der Waals surface area contributed by atoms with Crippen LogP contribution in [0.3, 0.4) is 0 Å². The first-order valence-electron chi connectivity index (χ1n) is 5.33. The highest BCUT2D eigenvalue weighted by Crippen LogP contribution is 2.25. The van der Waals surface area contributed by atoms with Gasteiger partial charge >= 0.3 is 0 Å². The average molecular weight is 223 g/mol. The Morgan fingerprint density at radius 2 is 2.25 bits per heavy atom. The summed E-state index contributed by atoms with van der Waals surface area (Å²) in [4.78, 5) is 14.3. The molecule has 0 saturated carbocycles. The zero-order chi connectivity index (χ0) is 12.3. The summed E-state index contributed by atoms with van der Waals surface area (Å²) in [6.07, 6.45) is 2.18. The van der Waals surface area contributed by atoms with Crippen LogP contribution in [0.2, 0.25) is 0 Å². The van der Waals surface area contributed by atoms with Gasteiger partial charge in [0.15, 0.2) is 0 Å². The minimum atomic E-state index is -0.434. The van der Waals surface area contributed by atoms with Crippen LogP contribution in [-0.2, 0) is 0 Å². The third-order valence-corrected chi connectivity index (χ3v) is 2.74. The Morgan fingerprint density at radius 3 is 2.62 bits per heavy atom. The van der Waals surface area contributed by atoms with Crippen molar-refractivity contribution in [2.24, 2.45) is 5.73 Å². The largest absolute Gasteiger partial charge is 0.327 e. The topological polar surface area (TPSA) is 82.0 Å². The molecule has 0 aliphatic rings. The predicted molar refractivity (Wildman–Crippen MR) is 62.3 cm³/mol. The molecule has 0 fully saturated rings. The molecule has 2 N–H and O–H groups in total. The van der Waals surface area contributed by atoms with Crippen LogP contribution in [0.5, 0.6) is 0 Å². The first-order chi connectivity index (χ1) is 7.47. The van der Waals surface area contributed by atoms with E-state index in [0.29, 0.717) is 0 Å². The highest BCUT2D eigenvalue weighted by molar-refractivity contribution is 5.35. The standard InChI is InChI=1S/C11H17N3O2/c1-4-10(8(3)12)11-7(2)5-9(6-13-11)14(15)16/h5-6,8,10H,4,12H2,1-3H3. The van der Waals surface area contributed by atoms with E-state index < -0.39 is 4.92 Å². The van der Waals surface area contributed by atoms with Crippen molar-refractivity contribution in [2.75, 3.05) is 0 Å². The van der Waals surface area contributed by atoms with Crippen molar-refractivity contribution in [2.45, 2.75) is 39.2 Å². The van der Waals surface area contributed by atoms with Gasteiger partial charge in [0, 0.05) is 23.7 Å². The van der Waals surface area contributed by atoms with Crippen LogP contribution >= 0.6 is 0 Å². The Bertz CT molecular complexity index is 391. The molecule has 1 rings (SSSR count). The zero-order valence-corrected chi connectivity index (χ0v) is 9.80. The second-order valence-electron chi connectivity index (χ2n) is 4.03. The minimum Gasteiger partial charge on any atom is -0.327 e. The van der Waals surface area contributed by atoms with E-state index in [1.54, 1.807) is 6.07 Å². The molecule has 2 unspecified atom stereocenters. The SMILES string of the molecule is CCC(c1ncc([N+](=O)[O-])cc1C)C(C)N. The van der Waals surface area contributed by atoms with E-state index in [2.05, 4.69) is 4.98 Å². The van der Waals surface area contributed by atoms with Crippen LogP contribution in [0, 0.1) is 17.0 Å². The van der Waals surface area contributed by atoms with E-state index >= 15 is 0 Å². The van der Waals surface area contributed by atoms with Gasteiger partial charge in [-0.15, -0.1) is 0 Å². The smallest absolute Gasteiger partial charge is 0.287 e. The molecule has 5 nitrogen and oxygen atoms in total. The predicted octanol–water partition coefficient (Wildman–Crippen LogP) is 2.14. The van der Waals surface area contributed by atoms with E-state index in [-0.39, 0.29) is 17.6 Å². The van der Waals surface area contributed by atoms with Gasteiger partial charge in [0.1, 0.15) is 6.20 Å². The molecule has 2 atom stereocenters. The van der Waals surface area contributed by atoms with Gasteiger partial charge < -0.3 is 5.73 Å². The maximum Gasteiger partial charge on any atom is 0.287 e. The lowest BCUT2D eigenvalue weighted by Gasteiger charge is -2.19. The molecule has 0 aromatic carbocycles. The van der Waals surface area contributed by atoms with Gasteiger partial charge in [0.05, 0.1) is 4.92 Å². The van der Waals surface area contributed by atoms with Crippen molar-refractivity contribution < 1.29 is 4.92 Å². The molecule has 0 spiro atoms. The van der Waals surface area contributed by atoms with Crippen LogP contribution in [-0.4, -0.2) is 15.9 Å². The summed E-state index contributed by atoms with van der Waals surface area (Å²) >= 11 is 0. The normalized spacial score (nSPS) is 14.5. The van der Waals surface area contributed by atoms with Gasteiger partial charge in [-0.25, -0.2) is 0 Å². The molecule has 0 aliphatic carbocycles. The number of nitro groups is 1. The number of nitrogens with zero attached hydrogens (tertiary/aromatic N) is 2. The summed E-state index contributed by atoms with van der Waals surface area (Å²) < 4.78 is 0. The summed E-state index contributed by atoms with van der Waals surface area (Å²) in [6.45, 7) is 5.80. The Balaban J connectivity index is 3.11. The Labute approximate surface area is 94.8 Å². The maximum atomic E-state index is 10.6. The van der Waals surface area contributed by atoms with E-state index in [9.17, 15) is 10.1 Å². The van der Waals surface area contributed by atoms with Crippen molar-refractivity contribution in [3.8, 4) is 0 Å². The summed E-state index contributed by atoms with van der Waals surface area (Å²) in [7, 11) is 0. The average Bonchev–Trinajstić information content (AvgIpc) is 2.20. The highest BCUT2D eigenvalue weighted by atomic mass is 16.6. The monoisotopic (exact) mass is 223 g/mol. The molecular formula is C11H17N3O2. The second kappa shape index (κ2) is 5.03. The third-order valence-electron chi connectivity index (χ3n) is 2.74. The van der Waals surface area contributed by atoms with Gasteiger partial charge in [-0.1, -0.05) is 6.92 Å². The summed E-state index contributed by atoms with van der Waals surface area (Å²) in [5.74, 6) is 0.154. The number of nitrogens with two attached hydrogens (primary N) is 1. The summed E-state index contributed by atoms with van der Waals surface area (Å²) in [6, 6.07) is 1.55. The summed E-state index contributed by atoms with van der Waals surface area (Å²) in [5, 5.41) is 10.6. The molecule has 1 aromatic heterocycles. The van der Waals surface area contributed by atoms with Gasteiger partial charge in [0.25, 0.3) is 5.69 Å². The Kier molecular flexibility index (Phi) is 3.95. The highest BCUT2D eigenvalue weighted by Gasteiger charge is 2.19. The molecule has 1 aromatic rings. The number of pyridine rings is 1. The lowest BCUT2D eigenvalue weighted by molar-refractivity contribution is -0.385. The van der Waals surface area contributed by atoms with E-state index in [0.717, 1.165) is 17.7 Å². The summed E-state index contributed by atoms with van der Waals surface area (Å²) in [5.41, 5.74) is 7.60. The molecule has 16 heavy (non-hydrogen) atoms. The molecule has 88 valence electrons. The number of aryl methyl sites for hydroxylation is 1. The fourth-order valence-electron chi connectivity index (χ4n) is 1.87. The van der Waals surface area contributed by atoms with Gasteiger partial charge in [-0.05, 0) is 25.8 Å². The molecule has 0 bridgehead atoms. The molecule has 1 heterocycles. The molecule has 0 amide bonds. The van der Waals surface area contributed by atoms with Gasteiger partial charge in [0.2, 0.25) is 0 Å². The van der Waals surface area contributed by atoms with Crippen LogP contribution in [0.4, 0.5) is 5.69 Å². The molecular weight excluding hydrogens is 206 g/mol. The van der Waals surface area contributed by atoms with Gasteiger partial charge in [-0.2, -0.15) is 0 Å². The number of hydrogen-bond donors (Lipinski definition) is 1. The van der Waals surface area contributed by atoms with Crippen LogP contribution < -0.4 is 5.73 Å². The first kappa shape index (κ1) is 12.6. The Hall–Kier alpha value is -1.49. The Morgan fingerprint density at radius 1 is 1.62 bits per heavy atom. The molecule has 0 saturated heterocycles. The minimum absolute atomic E-state index is 0.00217. The van der Waals surface area contributed by atoms with Crippen molar-refractivity contribution in [3.05, 3.63) is 33.6 Å². The lowest BCUT2D eigenvalue weighted by atomic mass is 9.92. The van der Waals surface area contributed by atoms with Crippen molar-refractivity contribution in [1.82, 2.24) is 4.98 Å². The zero-order valence-electron chi connectivity index (χ0n) is 9.80. The molecule has 0 radical (unpaired) electrons. The lowest BCUT2D eigenvalue weighted by Crippen LogP contribution is -2.25. The van der Waals surface area contributed by atoms with E-state index in [1.165, 1.54) is 6.20 Å². The third kappa shape index (κ3) is 2.55. The van der Waals surface area contributed by atoms with E-state index in [4.69, 9.17) is 5.73 Å². The van der Waals surface area contributed by atoms with Crippen LogP contribution in [0.15, 0.2) is 12.3 Å². The first-order valence-corrected chi connectivity index (χ1v) is 5.33. The number of rotatable bonds is 4. The second-order valence-corrected chi connectivity index (χ2v) is 4.03. The number of aromatic nitrogens is 1. The van der Waals surface area contributed by atoms with Crippen LogP contribution in [0.1, 0.15) is 37.4 Å². The van der Waals surface area contributed by atoms with Crippen molar-refractivity contribution in [3.63, 3.8) is 0 Å². The fraction of sp³-hybridized carbons (Fsp3) is 0.545. The fourth-order valence-corrected chi connectivity index (χ4v) is 1.87. The van der Waals surface area contributed by atoms with Gasteiger partial charge in [-0.3, -0.25) is 15.1 Å². The molecule has 0 aliphatic heterocycles. The molecule has 5 heteroatoms. The maximum absolute atomic E-state index is 10.6. The quantitative estimate of drug-likeness (QED) is 0.626. The number of hydrogen-bond acceptors (Lipinski definition) is 4. The van der Waals surface area contributed by atoms with Crippen molar-refractivity contribution in [1.29, 1.82) is 0 Å². The van der Waals surface area contributed by atoms with Crippen LogP contribution in [0.25, 0.3) is 0 Å².